The third kappa shape index (κ3) is 8.83. The maximum Gasteiger partial charge on any atom is 0.0689 e. The molecule has 0 heterocycles. The maximum absolute atomic E-state index is 9.88. The largest absolute Gasteiger partial charge is 0.198 e. The van der Waals surface area contributed by atoms with Crippen molar-refractivity contribution in [3.63, 3.8) is 0 Å². The Labute approximate surface area is 187 Å². The molecule has 2 rings (SSSR count). The van der Waals surface area contributed by atoms with E-state index in [1.807, 2.05) is 0 Å². The van der Waals surface area contributed by atoms with Crippen LogP contribution in [0.25, 0.3) is 0 Å². The van der Waals surface area contributed by atoms with Gasteiger partial charge in [-0.2, -0.15) is 5.26 Å². The van der Waals surface area contributed by atoms with E-state index in [4.69, 9.17) is 0 Å². The fourth-order valence-corrected chi connectivity index (χ4v) is 5.23. The third-order valence-electron chi connectivity index (χ3n) is 7.46. The molecule has 30 heavy (non-hydrogen) atoms. The van der Waals surface area contributed by atoms with Gasteiger partial charge in [-0.3, -0.25) is 0 Å². The van der Waals surface area contributed by atoms with Crippen LogP contribution in [0.4, 0.5) is 0 Å². The van der Waals surface area contributed by atoms with Gasteiger partial charge >= 0.3 is 0 Å². The van der Waals surface area contributed by atoms with Crippen LogP contribution < -0.4 is 0 Å². The van der Waals surface area contributed by atoms with Crippen LogP contribution in [0, 0.1) is 16.7 Å². The van der Waals surface area contributed by atoms with Crippen LogP contribution in [0.3, 0.4) is 0 Å². The molecule has 1 fully saturated rings. The van der Waals surface area contributed by atoms with E-state index in [0.717, 1.165) is 19.3 Å². The molecule has 0 radical (unpaired) electrons. The van der Waals surface area contributed by atoms with Crippen molar-refractivity contribution >= 4 is 0 Å². The van der Waals surface area contributed by atoms with E-state index in [1.165, 1.54) is 107 Å². The number of rotatable bonds is 15. The Bertz CT molecular complexity index is 586. The number of hydrogen-bond donors (Lipinski definition) is 0. The summed E-state index contributed by atoms with van der Waals surface area (Å²) in [7, 11) is 0. The average molecular weight is 410 g/mol. The summed E-state index contributed by atoms with van der Waals surface area (Å²) in [4.78, 5) is 0. The molecule has 1 aliphatic carbocycles. The van der Waals surface area contributed by atoms with Crippen molar-refractivity contribution < 1.29 is 0 Å². The molecule has 1 aromatic rings. The predicted molar refractivity (Wildman–Crippen MR) is 131 cm³/mol. The van der Waals surface area contributed by atoms with Crippen LogP contribution >= 0.6 is 0 Å². The molecule has 1 aliphatic rings. The summed E-state index contributed by atoms with van der Waals surface area (Å²) < 4.78 is 0. The van der Waals surface area contributed by atoms with Gasteiger partial charge in [-0.05, 0) is 62.0 Å². The van der Waals surface area contributed by atoms with Gasteiger partial charge in [0, 0.05) is 0 Å². The molecular weight excluding hydrogens is 362 g/mol. The van der Waals surface area contributed by atoms with Gasteiger partial charge in [-0.15, -0.1) is 0 Å². The maximum atomic E-state index is 9.88. The zero-order valence-electron chi connectivity index (χ0n) is 20.1. The molecule has 0 spiro atoms. The number of benzene rings is 1. The molecule has 0 unspecified atom stereocenters. The molecule has 1 heteroatoms. The van der Waals surface area contributed by atoms with Crippen molar-refractivity contribution in [2.24, 2.45) is 5.41 Å². The minimum absolute atomic E-state index is 0.0288. The van der Waals surface area contributed by atoms with Crippen LogP contribution in [0.15, 0.2) is 24.3 Å². The highest BCUT2D eigenvalue weighted by Gasteiger charge is 2.35. The first-order valence-corrected chi connectivity index (χ1v) is 13.2. The smallest absolute Gasteiger partial charge is 0.0689 e. The van der Waals surface area contributed by atoms with Crippen molar-refractivity contribution in [1.29, 1.82) is 5.26 Å². The number of hydrogen-bond acceptors (Lipinski definition) is 1. The fraction of sp³-hybridized carbons (Fsp3) is 0.759. The summed E-state index contributed by atoms with van der Waals surface area (Å²) in [6.45, 7) is 4.55. The van der Waals surface area contributed by atoms with Crippen molar-refractivity contribution in [1.82, 2.24) is 0 Å². The predicted octanol–water partition coefficient (Wildman–Crippen LogP) is 9.51. The first kappa shape index (κ1) is 25.0. The van der Waals surface area contributed by atoms with Gasteiger partial charge in [0.2, 0.25) is 0 Å². The van der Waals surface area contributed by atoms with Crippen LogP contribution in [-0.4, -0.2) is 0 Å². The Hall–Kier alpha value is -1.29. The van der Waals surface area contributed by atoms with E-state index >= 15 is 0 Å². The van der Waals surface area contributed by atoms with E-state index in [-0.39, 0.29) is 5.41 Å². The summed E-state index contributed by atoms with van der Waals surface area (Å²) in [6, 6.07) is 12.2. The standard InChI is InChI=1S/C29H47N/c1-3-5-7-9-11-13-15-26-16-18-27(19-17-26)28-20-23-29(25-30,24-21-28)22-14-12-10-8-6-4-2/h16-19,28H,3-15,20-24H2,1-2H3/t28-,29-. The van der Waals surface area contributed by atoms with Gasteiger partial charge in [0.1, 0.15) is 0 Å². The number of nitrogens with zero attached hydrogens (tertiary/aromatic N) is 1. The summed E-state index contributed by atoms with van der Waals surface area (Å²) >= 11 is 0. The van der Waals surface area contributed by atoms with Crippen LogP contribution in [-0.2, 0) is 6.42 Å². The van der Waals surface area contributed by atoms with E-state index in [0.29, 0.717) is 5.92 Å². The molecule has 0 atom stereocenters. The lowest BCUT2D eigenvalue weighted by Gasteiger charge is -2.35. The van der Waals surface area contributed by atoms with Crippen LogP contribution in [0.5, 0.6) is 0 Å². The second kappa shape index (κ2) is 14.7. The van der Waals surface area contributed by atoms with Gasteiger partial charge < -0.3 is 0 Å². The molecule has 0 amide bonds. The average Bonchev–Trinajstić information content (AvgIpc) is 2.79. The highest BCUT2D eigenvalue weighted by Crippen LogP contribution is 2.45. The fourth-order valence-electron chi connectivity index (χ4n) is 5.23. The minimum atomic E-state index is -0.0288. The van der Waals surface area contributed by atoms with Crippen molar-refractivity contribution in [2.45, 2.75) is 135 Å². The molecule has 0 aliphatic heterocycles. The second-order valence-corrected chi connectivity index (χ2v) is 9.94. The molecule has 0 saturated heterocycles. The van der Waals surface area contributed by atoms with E-state index in [9.17, 15) is 5.26 Å². The molecule has 1 aromatic carbocycles. The first-order valence-electron chi connectivity index (χ1n) is 13.2. The highest BCUT2D eigenvalue weighted by atomic mass is 14.4. The Balaban J connectivity index is 1.70. The van der Waals surface area contributed by atoms with Crippen LogP contribution in [0.1, 0.15) is 140 Å². The first-order chi connectivity index (χ1) is 14.7. The van der Waals surface area contributed by atoms with Gasteiger partial charge in [-0.25, -0.2) is 0 Å². The summed E-state index contributed by atoms with van der Waals surface area (Å²) in [5, 5.41) is 9.88. The summed E-state index contributed by atoms with van der Waals surface area (Å²) in [6.07, 6.45) is 23.1. The topological polar surface area (TPSA) is 23.8 Å². The summed E-state index contributed by atoms with van der Waals surface area (Å²) in [5.74, 6) is 0.666. The Morgan fingerprint density at radius 3 is 1.87 bits per heavy atom. The molecule has 168 valence electrons. The SMILES string of the molecule is CCCCCCCCc1ccc([C@H]2CC[C@@](C#N)(CCCCCCCC)CC2)cc1. The van der Waals surface area contributed by atoms with Crippen molar-refractivity contribution in [3.05, 3.63) is 35.4 Å². The Morgan fingerprint density at radius 2 is 1.30 bits per heavy atom. The van der Waals surface area contributed by atoms with E-state index < -0.39 is 0 Å². The molecule has 1 nitrogen and oxygen atoms in total. The Kier molecular flexibility index (Phi) is 12.2. The quantitative estimate of drug-likeness (QED) is 0.264. The second-order valence-electron chi connectivity index (χ2n) is 9.94. The van der Waals surface area contributed by atoms with Crippen molar-refractivity contribution in [2.75, 3.05) is 0 Å². The summed E-state index contributed by atoms with van der Waals surface area (Å²) in [5.41, 5.74) is 2.98. The minimum Gasteiger partial charge on any atom is -0.198 e. The zero-order valence-corrected chi connectivity index (χ0v) is 20.1. The molecule has 0 N–H and O–H groups in total. The molecular formula is C29H47N. The van der Waals surface area contributed by atoms with Gasteiger partial charge in [0.25, 0.3) is 0 Å². The lowest BCUT2D eigenvalue weighted by Crippen LogP contribution is -2.25. The van der Waals surface area contributed by atoms with Crippen LogP contribution in [0.2, 0.25) is 0 Å². The number of nitriles is 1. The zero-order chi connectivity index (χ0) is 21.5. The van der Waals surface area contributed by atoms with Gasteiger partial charge in [-0.1, -0.05) is 109 Å². The normalized spacial score (nSPS) is 21.4. The van der Waals surface area contributed by atoms with Crippen molar-refractivity contribution in [3.8, 4) is 6.07 Å². The number of unbranched alkanes of at least 4 members (excludes halogenated alkanes) is 10. The third-order valence-corrected chi connectivity index (χ3v) is 7.46. The van der Waals surface area contributed by atoms with E-state index in [2.05, 4.69) is 44.2 Å². The number of aryl methyl sites for hydroxylation is 1. The van der Waals surface area contributed by atoms with Gasteiger partial charge in [0.15, 0.2) is 0 Å². The monoisotopic (exact) mass is 409 g/mol. The highest BCUT2D eigenvalue weighted by molar-refractivity contribution is 5.26. The molecule has 0 bridgehead atoms. The molecule has 0 aromatic heterocycles. The Morgan fingerprint density at radius 1 is 0.767 bits per heavy atom. The lowest BCUT2D eigenvalue weighted by atomic mass is 9.67. The molecule has 1 saturated carbocycles. The van der Waals surface area contributed by atoms with Gasteiger partial charge in [0.05, 0.1) is 11.5 Å². The lowest BCUT2D eigenvalue weighted by molar-refractivity contribution is 0.223. The van der Waals surface area contributed by atoms with E-state index in [1.54, 1.807) is 0 Å².